The Balaban J connectivity index is 2.32. The third-order valence-corrected chi connectivity index (χ3v) is 4.35. The summed E-state index contributed by atoms with van der Waals surface area (Å²) in [7, 11) is -3.84. The summed E-state index contributed by atoms with van der Waals surface area (Å²) >= 11 is 2.97. The van der Waals surface area contributed by atoms with Crippen LogP contribution in [0.4, 0.5) is 10.2 Å². The van der Waals surface area contributed by atoms with E-state index in [9.17, 15) is 12.8 Å². The maximum atomic E-state index is 13.3. The smallest absolute Gasteiger partial charge is 0.263 e. The summed E-state index contributed by atoms with van der Waals surface area (Å²) in [6.07, 6.45) is 1.54. The number of nitrogens with zero attached hydrogens (tertiary/aromatic N) is 1. The second kappa shape index (κ2) is 5.26. The number of aromatic nitrogens is 1. The minimum atomic E-state index is -3.84. The SMILES string of the molecule is Cc1ccc(NS(=O)(=O)c2ccc(Br)c(F)c2)nc1. The molecule has 1 heterocycles. The predicted octanol–water partition coefficient (Wildman–Crippen LogP) is 3.09. The summed E-state index contributed by atoms with van der Waals surface area (Å²) < 4.78 is 39.9. The molecule has 1 N–H and O–H groups in total. The summed E-state index contributed by atoms with van der Waals surface area (Å²) in [5.41, 5.74) is 0.914. The molecule has 0 fully saturated rings. The van der Waals surface area contributed by atoms with E-state index in [1.165, 1.54) is 12.1 Å². The minimum absolute atomic E-state index is 0.157. The highest BCUT2D eigenvalue weighted by atomic mass is 79.9. The van der Waals surface area contributed by atoms with Gasteiger partial charge < -0.3 is 0 Å². The second-order valence-corrected chi connectivity index (χ2v) is 6.44. The molecular formula is C12H10BrFN2O2S. The number of nitrogens with one attached hydrogen (secondary N) is 1. The van der Waals surface area contributed by atoms with Crippen LogP contribution >= 0.6 is 15.9 Å². The summed E-state index contributed by atoms with van der Waals surface area (Å²) in [5, 5.41) is 0. The molecule has 1 aromatic carbocycles. The third kappa shape index (κ3) is 3.30. The molecule has 4 nitrogen and oxygen atoms in total. The normalized spacial score (nSPS) is 11.3. The van der Waals surface area contributed by atoms with Gasteiger partial charge in [0, 0.05) is 6.20 Å². The molecule has 0 aliphatic heterocycles. The number of hydrogen-bond acceptors (Lipinski definition) is 3. The Kier molecular flexibility index (Phi) is 3.86. The van der Waals surface area contributed by atoms with Crippen LogP contribution < -0.4 is 4.72 Å². The molecule has 1 aromatic heterocycles. The molecule has 2 rings (SSSR count). The van der Waals surface area contributed by atoms with E-state index >= 15 is 0 Å². The van der Waals surface area contributed by atoms with Gasteiger partial charge in [-0.25, -0.2) is 17.8 Å². The van der Waals surface area contributed by atoms with E-state index < -0.39 is 15.8 Å². The van der Waals surface area contributed by atoms with E-state index in [0.29, 0.717) is 0 Å². The number of pyridine rings is 1. The number of halogens is 2. The van der Waals surface area contributed by atoms with Crippen molar-refractivity contribution in [2.75, 3.05) is 4.72 Å². The van der Waals surface area contributed by atoms with Crippen molar-refractivity contribution < 1.29 is 12.8 Å². The molecule has 0 saturated heterocycles. The van der Waals surface area contributed by atoms with Crippen molar-refractivity contribution in [3.8, 4) is 0 Å². The maximum Gasteiger partial charge on any atom is 0.263 e. The highest BCUT2D eigenvalue weighted by Gasteiger charge is 2.16. The number of rotatable bonds is 3. The zero-order chi connectivity index (χ0) is 14.0. The van der Waals surface area contributed by atoms with Crippen LogP contribution in [0, 0.1) is 12.7 Å². The van der Waals surface area contributed by atoms with Crippen molar-refractivity contribution in [1.29, 1.82) is 0 Å². The van der Waals surface area contributed by atoms with Crippen LogP contribution in [0.2, 0.25) is 0 Å². The van der Waals surface area contributed by atoms with Gasteiger partial charge in [0.2, 0.25) is 0 Å². The molecule has 100 valence electrons. The number of aryl methyl sites for hydroxylation is 1. The summed E-state index contributed by atoms with van der Waals surface area (Å²) in [5.74, 6) is -0.450. The van der Waals surface area contributed by atoms with Crippen molar-refractivity contribution in [3.05, 3.63) is 52.4 Å². The number of hydrogen-bond donors (Lipinski definition) is 1. The van der Waals surface area contributed by atoms with Gasteiger partial charge in [0.1, 0.15) is 11.6 Å². The highest BCUT2D eigenvalue weighted by Crippen LogP contribution is 2.21. The summed E-state index contributed by atoms with van der Waals surface area (Å²) in [4.78, 5) is 3.78. The van der Waals surface area contributed by atoms with Gasteiger partial charge in [-0.05, 0) is 52.7 Å². The average molecular weight is 345 g/mol. The van der Waals surface area contributed by atoms with Gasteiger partial charge >= 0.3 is 0 Å². The van der Waals surface area contributed by atoms with Crippen LogP contribution in [-0.2, 0) is 10.0 Å². The van der Waals surface area contributed by atoms with Crippen molar-refractivity contribution >= 4 is 31.8 Å². The van der Waals surface area contributed by atoms with E-state index in [1.807, 2.05) is 6.92 Å². The highest BCUT2D eigenvalue weighted by molar-refractivity contribution is 9.10. The number of sulfonamides is 1. The van der Waals surface area contributed by atoms with Gasteiger partial charge in [0.15, 0.2) is 0 Å². The molecule has 0 spiro atoms. The van der Waals surface area contributed by atoms with Gasteiger partial charge in [-0.1, -0.05) is 6.07 Å². The lowest BCUT2D eigenvalue weighted by Crippen LogP contribution is -2.14. The molecule has 0 saturated carbocycles. The largest absolute Gasteiger partial charge is 0.263 e. The molecule has 0 aliphatic carbocycles. The number of benzene rings is 1. The zero-order valence-electron chi connectivity index (χ0n) is 9.89. The van der Waals surface area contributed by atoms with Crippen LogP contribution in [0.5, 0.6) is 0 Å². The first-order chi connectivity index (χ1) is 8.88. The molecule has 7 heteroatoms. The first kappa shape index (κ1) is 14.0. The Hall–Kier alpha value is -1.47. The fourth-order valence-electron chi connectivity index (χ4n) is 1.37. The third-order valence-electron chi connectivity index (χ3n) is 2.35. The van der Waals surface area contributed by atoms with Gasteiger partial charge in [-0.15, -0.1) is 0 Å². The van der Waals surface area contributed by atoms with Crippen LogP contribution in [-0.4, -0.2) is 13.4 Å². The van der Waals surface area contributed by atoms with Crippen molar-refractivity contribution in [3.63, 3.8) is 0 Å². The lowest BCUT2D eigenvalue weighted by atomic mass is 10.3. The van der Waals surface area contributed by atoms with E-state index in [1.54, 1.807) is 18.3 Å². The van der Waals surface area contributed by atoms with Crippen LogP contribution in [0.1, 0.15) is 5.56 Å². The fraction of sp³-hybridized carbons (Fsp3) is 0.0833. The molecule has 0 atom stereocenters. The Labute approximate surface area is 118 Å². The summed E-state index contributed by atoms with van der Waals surface area (Å²) in [6, 6.07) is 6.87. The van der Waals surface area contributed by atoms with Crippen LogP contribution in [0.15, 0.2) is 45.9 Å². The van der Waals surface area contributed by atoms with Crippen molar-refractivity contribution in [2.45, 2.75) is 11.8 Å². The summed E-state index contributed by atoms with van der Waals surface area (Å²) in [6.45, 7) is 1.84. The lowest BCUT2D eigenvalue weighted by Gasteiger charge is -2.07. The van der Waals surface area contributed by atoms with E-state index in [4.69, 9.17) is 0 Å². The van der Waals surface area contributed by atoms with Gasteiger partial charge in [-0.3, -0.25) is 4.72 Å². The van der Waals surface area contributed by atoms with Gasteiger partial charge in [-0.2, -0.15) is 0 Å². The standard InChI is InChI=1S/C12H10BrFN2O2S/c1-8-2-5-12(15-7-8)16-19(17,18)9-3-4-10(13)11(14)6-9/h2-7H,1H3,(H,15,16). The van der Waals surface area contributed by atoms with E-state index in [2.05, 4.69) is 25.6 Å². The quantitative estimate of drug-likeness (QED) is 0.930. The van der Waals surface area contributed by atoms with Crippen LogP contribution in [0.3, 0.4) is 0 Å². The lowest BCUT2D eigenvalue weighted by molar-refractivity contribution is 0.593. The zero-order valence-corrected chi connectivity index (χ0v) is 12.3. The molecule has 0 amide bonds. The van der Waals surface area contributed by atoms with E-state index in [0.717, 1.165) is 11.6 Å². The first-order valence-corrected chi connectivity index (χ1v) is 7.56. The Morgan fingerprint density at radius 1 is 1.26 bits per heavy atom. The minimum Gasteiger partial charge on any atom is -0.263 e. The molecular weight excluding hydrogens is 335 g/mol. The Morgan fingerprint density at radius 3 is 2.58 bits per heavy atom. The Morgan fingerprint density at radius 2 is 2.00 bits per heavy atom. The van der Waals surface area contributed by atoms with Crippen molar-refractivity contribution in [1.82, 2.24) is 4.98 Å². The van der Waals surface area contributed by atoms with Gasteiger partial charge in [0.25, 0.3) is 10.0 Å². The molecule has 2 aromatic rings. The molecule has 0 bridgehead atoms. The predicted molar refractivity (Wildman–Crippen MR) is 73.9 cm³/mol. The average Bonchev–Trinajstić information content (AvgIpc) is 2.35. The molecule has 19 heavy (non-hydrogen) atoms. The fourth-order valence-corrected chi connectivity index (χ4v) is 2.64. The van der Waals surface area contributed by atoms with E-state index in [-0.39, 0.29) is 15.2 Å². The van der Waals surface area contributed by atoms with Gasteiger partial charge in [0.05, 0.1) is 9.37 Å². The van der Waals surface area contributed by atoms with Crippen molar-refractivity contribution in [2.24, 2.45) is 0 Å². The maximum absolute atomic E-state index is 13.3. The first-order valence-electron chi connectivity index (χ1n) is 5.29. The second-order valence-electron chi connectivity index (χ2n) is 3.90. The molecule has 0 aliphatic rings. The molecule has 0 radical (unpaired) electrons. The Bertz CT molecular complexity index is 702. The van der Waals surface area contributed by atoms with Crippen LogP contribution in [0.25, 0.3) is 0 Å². The monoisotopic (exact) mass is 344 g/mol. The molecule has 0 unspecified atom stereocenters. The topological polar surface area (TPSA) is 59.1 Å². The number of anilines is 1.